The Bertz CT molecular complexity index is 632. The van der Waals surface area contributed by atoms with Crippen LogP contribution >= 0.6 is 27.5 Å². The van der Waals surface area contributed by atoms with E-state index >= 15 is 0 Å². The van der Waals surface area contributed by atoms with Crippen LogP contribution in [0.25, 0.3) is 0 Å². The molecule has 6 heteroatoms. The lowest BCUT2D eigenvalue weighted by molar-refractivity contribution is -0.114. The van der Waals surface area contributed by atoms with Crippen molar-refractivity contribution in [2.24, 2.45) is 0 Å². The van der Waals surface area contributed by atoms with E-state index in [9.17, 15) is 4.79 Å². The number of halogens is 2. The minimum absolute atomic E-state index is 0.114. The molecule has 0 spiro atoms. The summed E-state index contributed by atoms with van der Waals surface area (Å²) in [4.78, 5) is 11.9. The highest BCUT2D eigenvalue weighted by Crippen LogP contribution is 2.26. The zero-order valence-electron chi connectivity index (χ0n) is 11.3. The zero-order chi connectivity index (χ0) is 15.2. The van der Waals surface area contributed by atoms with Crippen LogP contribution in [0.4, 0.5) is 11.4 Å². The van der Waals surface area contributed by atoms with E-state index in [1.165, 1.54) is 0 Å². The number of nitrogens with one attached hydrogen (secondary N) is 2. The summed E-state index contributed by atoms with van der Waals surface area (Å²) in [6, 6.07) is 12.6. The second kappa shape index (κ2) is 7.33. The number of hydrogen-bond acceptors (Lipinski definition) is 3. The van der Waals surface area contributed by atoms with Crippen molar-refractivity contribution in [1.29, 1.82) is 0 Å². The van der Waals surface area contributed by atoms with Crippen LogP contribution in [0.2, 0.25) is 5.02 Å². The van der Waals surface area contributed by atoms with Crippen LogP contribution in [0.1, 0.15) is 0 Å². The molecule has 0 aliphatic heterocycles. The monoisotopic (exact) mass is 368 g/mol. The van der Waals surface area contributed by atoms with Gasteiger partial charge in [0.25, 0.3) is 0 Å². The van der Waals surface area contributed by atoms with Crippen molar-refractivity contribution in [2.75, 3.05) is 24.3 Å². The number of amides is 1. The Kier molecular flexibility index (Phi) is 5.47. The number of anilines is 2. The van der Waals surface area contributed by atoms with Gasteiger partial charge in [-0.05, 0) is 36.4 Å². The quantitative estimate of drug-likeness (QED) is 0.832. The maximum atomic E-state index is 11.9. The van der Waals surface area contributed by atoms with Gasteiger partial charge in [0.05, 0.1) is 24.4 Å². The van der Waals surface area contributed by atoms with Crippen molar-refractivity contribution in [3.05, 3.63) is 52.0 Å². The summed E-state index contributed by atoms with van der Waals surface area (Å²) in [7, 11) is 1.58. The largest absolute Gasteiger partial charge is 0.497 e. The summed E-state index contributed by atoms with van der Waals surface area (Å²) in [6.07, 6.45) is 0. The van der Waals surface area contributed by atoms with Crippen molar-refractivity contribution in [3.63, 3.8) is 0 Å². The number of hydrogen-bond donors (Lipinski definition) is 2. The first kappa shape index (κ1) is 15.7. The number of carbonyl (C=O) groups excluding carboxylic acids is 1. The molecule has 0 aliphatic rings. The van der Waals surface area contributed by atoms with E-state index in [2.05, 4.69) is 26.6 Å². The number of benzene rings is 2. The van der Waals surface area contributed by atoms with E-state index in [0.29, 0.717) is 16.5 Å². The number of ether oxygens (including phenoxy) is 1. The van der Waals surface area contributed by atoms with E-state index < -0.39 is 0 Å². The van der Waals surface area contributed by atoms with E-state index in [0.717, 1.165) is 10.2 Å². The minimum atomic E-state index is -0.156. The molecule has 2 aromatic rings. The van der Waals surface area contributed by atoms with Gasteiger partial charge in [0.1, 0.15) is 5.75 Å². The summed E-state index contributed by atoms with van der Waals surface area (Å²) >= 11 is 9.40. The van der Waals surface area contributed by atoms with Crippen molar-refractivity contribution in [3.8, 4) is 5.75 Å². The maximum absolute atomic E-state index is 11.9. The molecule has 0 saturated heterocycles. The molecule has 4 nitrogen and oxygen atoms in total. The van der Waals surface area contributed by atoms with Crippen LogP contribution < -0.4 is 15.4 Å². The third kappa shape index (κ3) is 4.65. The van der Waals surface area contributed by atoms with Gasteiger partial charge in [-0.1, -0.05) is 27.5 Å². The van der Waals surface area contributed by atoms with Crippen molar-refractivity contribution < 1.29 is 9.53 Å². The molecule has 0 aromatic heterocycles. The molecule has 0 saturated carbocycles. The first-order valence-electron chi connectivity index (χ1n) is 6.21. The Balaban J connectivity index is 1.93. The van der Waals surface area contributed by atoms with E-state index in [-0.39, 0.29) is 12.5 Å². The molecule has 0 fully saturated rings. The van der Waals surface area contributed by atoms with Gasteiger partial charge in [-0.3, -0.25) is 4.79 Å². The number of rotatable bonds is 5. The predicted octanol–water partition coefficient (Wildman–Crippen LogP) is 4.16. The fraction of sp³-hybridized carbons (Fsp3) is 0.133. The lowest BCUT2D eigenvalue weighted by Crippen LogP contribution is -2.21. The second-order valence-corrected chi connectivity index (χ2v) is 5.58. The minimum Gasteiger partial charge on any atom is -0.497 e. The average molecular weight is 370 g/mol. The number of carbonyl (C=O) groups is 1. The second-order valence-electron chi connectivity index (χ2n) is 4.25. The molecule has 0 bridgehead atoms. The summed E-state index contributed by atoms with van der Waals surface area (Å²) in [5, 5.41) is 6.31. The zero-order valence-corrected chi connectivity index (χ0v) is 13.7. The first-order chi connectivity index (χ1) is 10.1. The Morgan fingerprint density at radius 2 is 1.95 bits per heavy atom. The normalized spacial score (nSPS) is 10.0. The van der Waals surface area contributed by atoms with Crippen LogP contribution in [0.5, 0.6) is 5.75 Å². The highest BCUT2D eigenvalue weighted by Gasteiger charge is 2.06. The van der Waals surface area contributed by atoms with Gasteiger partial charge in [-0.25, -0.2) is 0 Å². The first-order valence-corrected chi connectivity index (χ1v) is 7.38. The SMILES string of the molecule is COc1ccc(Cl)c(NCC(=O)Nc2ccc(Br)cc2)c1. The van der Waals surface area contributed by atoms with Crippen LogP contribution in [0, 0.1) is 0 Å². The summed E-state index contributed by atoms with van der Waals surface area (Å²) in [5.41, 5.74) is 1.39. The Hall–Kier alpha value is -1.72. The Morgan fingerprint density at radius 3 is 2.62 bits per heavy atom. The van der Waals surface area contributed by atoms with Crippen LogP contribution in [0.3, 0.4) is 0 Å². The third-order valence-electron chi connectivity index (χ3n) is 2.74. The van der Waals surface area contributed by atoms with E-state index in [4.69, 9.17) is 16.3 Å². The lowest BCUT2D eigenvalue weighted by atomic mass is 10.3. The van der Waals surface area contributed by atoms with Crippen LogP contribution in [-0.4, -0.2) is 19.6 Å². The maximum Gasteiger partial charge on any atom is 0.243 e. The molecule has 0 radical (unpaired) electrons. The van der Waals surface area contributed by atoms with Gasteiger partial charge >= 0.3 is 0 Å². The Morgan fingerprint density at radius 1 is 1.24 bits per heavy atom. The molecule has 0 unspecified atom stereocenters. The van der Waals surface area contributed by atoms with E-state index in [1.54, 1.807) is 25.3 Å². The average Bonchev–Trinajstić information content (AvgIpc) is 2.49. The standard InChI is InChI=1S/C15H14BrClN2O2/c1-21-12-6-7-13(17)14(8-12)18-9-15(20)19-11-4-2-10(16)3-5-11/h2-8,18H,9H2,1H3,(H,19,20). The molecule has 0 atom stereocenters. The van der Waals surface area contributed by atoms with Gasteiger partial charge in [0, 0.05) is 16.2 Å². The third-order valence-corrected chi connectivity index (χ3v) is 3.60. The number of methoxy groups -OCH3 is 1. The summed E-state index contributed by atoms with van der Waals surface area (Å²) in [6.45, 7) is 0.114. The van der Waals surface area contributed by atoms with Crippen molar-refractivity contribution in [1.82, 2.24) is 0 Å². The molecule has 110 valence electrons. The summed E-state index contributed by atoms with van der Waals surface area (Å²) < 4.78 is 6.08. The molecule has 0 heterocycles. The van der Waals surface area contributed by atoms with Gasteiger partial charge in [-0.15, -0.1) is 0 Å². The lowest BCUT2D eigenvalue weighted by Gasteiger charge is -2.10. The van der Waals surface area contributed by atoms with Gasteiger partial charge in [0.15, 0.2) is 0 Å². The highest BCUT2D eigenvalue weighted by molar-refractivity contribution is 9.10. The molecule has 0 aliphatic carbocycles. The molecule has 2 rings (SSSR count). The fourth-order valence-corrected chi connectivity index (χ4v) is 2.13. The van der Waals surface area contributed by atoms with Gasteiger partial charge in [0.2, 0.25) is 5.91 Å². The molecular weight excluding hydrogens is 356 g/mol. The van der Waals surface area contributed by atoms with Gasteiger partial charge in [-0.2, -0.15) is 0 Å². The highest BCUT2D eigenvalue weighted by atomic mass is 79.9. The molecule has 2 aromatic carbocycles. The van der Waals surface area contributed by atoms with Crippen LogP contribution in [-0.2, 0) is 4.79 Å². The summed E-state index contributed by atoms with van der Waals surface area (Å²) in [5.74, 6) is 0.520. The van der Waals surface area contributed by atoms with Crippen LogP contribution in [0.15, 0.2) is 46.9 Å². The molecule has 2 N–H and O–H groups in total. The van der Waals surface area contributed by atoms with E-state index in [1.807, 2.05) is 24.3 Å². The molecule has 1 amide bonds. The Labute approximate surface area is 136 Å². The van der Waals surface area contributed by atoms with Crippen molar-refractivity contribution >= 4 is 44.8 Å². The predicted molar refractivity (Wildman–Crippen MR) is 89.3 cm³/mol. The molecular formula is C15H14BrClN2O2. The smallest absolute Gasteiger partial charge is 0.243 e. The fourth-order valence-electron chi connectivity index (χ4n) is 1.68. The molecule has 21 heavy (non-hydrogen) atoms. The van der Waals surface area contributed by atoms with Crippen molar-refractivity contribution in [2.45, 2.75) is 0 Å². The topological polar surface area (TPSA) is 50.4 Å². The van der Waals surface area contributed by atoms with Gasteiger partial charge < -0.3 is 15.4 Å².